The van der Waals surface area contributed by atoms with Crippen LogP contribution in [0.4, 0.5) is 0 Å². The number of allylic oxidation sites excluding steroid dienone is 1. The van der Waals surface area contributed by atoms with Gasteiger partial charge < -0.3 is 14.5 Å². The maximum absolute atomic E-state index is 12.7. The molecule has 4 heteroatoms. The molecule has 0 spiro atoms. The highest BCUT2D eigenvalue weighted by Crippen LogP contribution is 2.40. The molecule has 0 radical (unpaired) electrons. The van der Waals surface area contributed by atoms with Crippen LogP contribution in [0.1, 0.15) is 41.7 Å². The van der Waals surface area contributed by atoms with E-state index in [1.54, 1.807) is 12.3 Å². The number of hydrogen-bond donors (Lipinski definition) is 1. The van der Waals surface area contributed by atoms with Gasteiger partial charge in [0.05, 0.1) is 12.9 Å². The van der Waals surface area contributed by atoms with Gasteiger partial charge >= 0.3 is 0 Å². The molecule has 0 aliphatic rings. The molecule has 0 unspecified atom stereocenters. The highest BCUT2D eigenvalue weighted by atomic mass is 16.5. The van der Waals surface area contributed by atoms with Gasteiger partial charge in [-0.1, -0.05) is 59.7 Å². The van der Waals surface area contributed by atoms with Crippen LogP contribution in [0.5, 0.6) is 5.75 Å². The molecule has 1 heterocycles. The number of benzene rings is 3. The Kier molecular flexibility index (Phi) is 6.87. The smallest absolute Gasteiger partial charge is 0.244 e. The van der Waals surface area contributed by atoms with Crippen LogP contribution in [0, 0.1) is 20.8 Å². The Bertz CT molecular complexity index is 1340. The summed E-state index contributed by atoms with van der Waals surface area (Å²) < 4.78 is 12.0. The van der Waals surface area contributed by atoms with E-state index in [4.69, 9.17) is 9.15 Å². The number of fused-ring (bicyclic) bond motifs is 1. The first-order valence-electron chi connectivity index (χ1n) is 11.6. The predicted molar refractivity (Wildman–Crippen MR) is 139 cm³/mol. The van der Waals surface area contributed by atoms with Gasteiger partial charge in [-0.15, -0.1) is 0 Å². The molecule has 0 aliphatic heterocycles. The van der Waals surface area contributed by atoms with Gasteiger partial charge in [0.1, 0.15) is 11.3 Å². The summed E-state index contributed by atoms with van der Waals surface area (Å²) in [6.45, 7) is 11.0. The highest BCUT2D eigenvalue weighted by Gasteiger charge is 2.19. The van der Waals surface area contributed by atoms with E-state index >= 15 is 0 Å². The Labute approximate surface area is 201 Å². The summed E-state index contributed by atoms with van der Waals surface area (Å²) in [7, 11) is 0. The zero-order valence-electron chi connectivity index (χ0n) is 20.5. The largest absolute Gasteiger partial charge is 0.493 e. The number of amides is 1. The minimum atomic E-state index is -0.135. The van der Waals surface area contributed by atoms with E-state index in [2.05, 4.69) is 42.6 Å². The maximum Gasteiger partial charge on any atom is 0.244 e. The van der Waals surface area contributed by atoms with Crippen molar-refractivity contribution in [1.82, 2.24) is 5.32 Å². The van der Waals surface area contributed by atoms with E-state index in [1.165, 1.54) is 11.1 Å². The van der Waals surface area contributed by atoms with Crippen LogP contribution >= 0.6 is 0 Å². The van der Waals surface area contributed by atoms with Gasteiger partial charge in [0.15, 0.2) is 0 Å². The number of carbonyl (C=O) groups is 1. The quantitative estimate of drug-likeness (QED) is 0.303. The second kappa shape index (κ2) is 10.0. The summed E-state index contributed by atoms with van der Waals surface area (Å²) >= 11 is 0. The maximum atomic E-state index is 12.7. The summed E-state index contributed by atoms with van der Waals surface area (Å²) in [6, 6.07) is 18.6. The third kappa shape index (κ3) is 4.91. The standard InChI is InChI=1S/C30H31NO3/c1-6-33-29-22(5)30-26(27(18-34-30)24-13-9-20(3)10-14-24)16-25(29)21(4)15-28(32)31-17-23-11-7-19(2)8-12-23/h7-16,18H,6,17H2,1-5H3,(H,31,32)/b21-15+. The van der Waals surface area contributed by atoms with Crippen LogP contribution in [0.25, 0.3) is 27.7 Å². The molecule has 0 atom stereocenters. The molecule has 1 amide bonds. The first-order valence-corrected chi connectivity index (χ1v) is 11.6. The molecular weight excluding hydrogens is 422 g/mol. The number of carbonyl (C=O) groups excluding carboxylic acids is 1. The van der Waals surface area contributed by atoms with Crippen molar-refractivity contribution in [2.45, 2.75) is 41.2 Å². The average molecular weight is 454 g/mol. The van der Waals surface area contributed by atoms with E-state index in [-0.39, 0.29) is 5.91 Å². The fraction of sp³-hybridized carbons (Fsp3) is 0.233. The van der Waals surface area contributed by atoms with Crippen molar-refractivity contribution in [2.24, 2.45) is 0 Å². The fourth-order valence-corrected chi connectivity index (χ4v) is 4.12. The zero-order valence-corrected chi connectivity index (χ0v) is 20.5. The lowest BCUT2D eigenvalue weighted by atomic mass is 9.96. The number of rotatable bonds is 7. The summed E-state index contributed by atoms with van der Waals surface area (Å²) in [5.41, 5.74) is 9.07. The fourth-order valence-electron chi connectivity index (χ4n) is 4.12. The van der Waals surface area contributed by atoms with Crippen LogP contribution in [0.3, 0.4) is 0 Å². The first kappa shape index (κ1) is 23.4. The normalized spacial score (nSPS) is 11.6. The number of hydrogen-bond acceptors (Lipinski definition) is 3. The predicted octanol–water partition coefficient (Wildman–Crippen LogP) is 7.14. The lowest BCUT2D eigenvalue weighted by Crippen LogP contribution is -2.20. The lowest BCUT2D eigenvalue weighted by molar-refractivity contribution is -0.116. The van der Waals surface area contributed by atoms with E-state index in [1.807, 2.05) is 52.0 Å². The molecular formula is C30H31NO3. The van der Waals surface area contributed by atoms with E-state index in [0.29, 0.717) is 13.2 Å². The Morgan fingerprint density at radius 2 is 1.65 bits per heavy atom. The van der Waals surface area contributed by atoms with Gasteiger partial charge in [0, 0.05) is 34.7 Å². The van der Waals surface area contributed by atoms with Gasteiger partial charge in [-0.3, -0.25) is 4.79 Å². The second-order valence-corrected chi connectivity index (χ2v) is 8.73. The summed E-state index contributed by atoms with van der Waals surface area (Å²) in [4.78, 5) is 12.7. The molecule has 0 saturated carbocycles. The van der Waals surface area contributed by atoms with Crippen molar-refractivity contribution in [2.75, 3.05) is 6.61 Å². The monoisotopic (exact) mass is 453 g/mol. The van der Waals surface area contributed by atoms with Gasteiger partial charge in [-0.25, -0.2) is 0 Å². The molecule has 34 heavy (non-hydrogen) atoms. The number of ether oxygens (including phenoxy) is 1. The third-order valence-corrected chi connectivity index (χ3v) is 6.05. The molecule has 0 bridgehead atoms. The molecule has 3 aromatic carbocycles. The zero-order chi connectivity index (χ0) is 24.2. The van der Waals surface area contributed by atoms with Crippen LogP contribution in [-0.2, 0) is 11.3 Å². The summed E-state index contributed by atoms with van der Waals surface area (Å²) in [6.07, 6.45) is 3.44. The van der Waals surface area contributed by atoms with Crippen LogP contribution < -0.4 is 10.1 Å². The Hall–Kier alpha value is -3.79. The van der Waals surface area contributed by atoms with Gasteiger partial charge in [-0.2, -0.15) is 0 Å². The molecule has 174 valence electrons. The Morgan fingerprint density at radius 3 is 2.29 bits per heavy atom. The lowest BCUT2D eigenvalue weighted by Gasteiger charge is -2.15. The summed E-state index contributed by atoms with van der Waals surface area (Å²) in [5, 5.41) is 3.99. The SMILES string of the molecule is CCOc1c(/C(C)=C/C(=O)NCc2ccc(C)cc2)cc2c(-c3ccc(C)cc3)coc2c1C. The topological polar surface area (TPSA) is 51.5 Å². The van der Waals surface area contributed by atoms with E-state index in [9.17, 15) is 4.79 Å². The van der Waals surface area contributed by atoms with Crippen molar-refractivity contribution in [3.63, 3.8) is 0 Å². The van der Waals surface area contributed by atoms with Crippen molar-refractivity contribution >= 4 is 22.4 Å². The molecule has 1 aromatic heterocycles. The molecule has 0 fully saturated rings. The van der Waals surface area contributed by atoms with Crippen LogP contribution in [0.2, 0.25) is 0 Å². The van der Waals surface area contributed by atoms with Gasteiger partial charge in [-0.05, 0) is 57.4 Å². The van der Waals surface area contributed by atoms with E-state index in [0.717, 1.165) is 50.1 Å². The average Bonchev–Trinajstić information content (AvgIpc) is 3.25. The van der Waals surface area contributed by atoms with Crippen molar-refractivity contribution in [3.8, 4) is 16.9 Å². The third-order valence-electron chi connectivity index (χ3n) is 6.05. The van der Waals surface area contributed by atoms with Crippen LogP contribution in [-0.4, -0.2) is 12.5 Å². The van der Waals surface area contributed by atoms with Crippen molar-refractivity contribution in [3.05, 3.63) is 94.8 Å². The number of furan rings is 1. The molecule has 0 aliphatic carbocycles. The Morgan fingerprint density at radius 1 is 1.00 bits per heavy atom. The number of nitrogens with one attached hydrogen (secondary N) is 1. The minimum absolute atomic E-state index is 0.135. The van der Waals surface area contributed by atoms with Crippen molar-refractivity contribution in [1.29, 1.82) is 0 Å². The van der Waals surface area contributed by atoms with E-state index < -0.39 is 0 Å². The van der Waals surface area contributed by atoms with Crippen LogP contribution in [0.15, 0.2) is 71.4 Å². The summed E-state index contributed by atoms with van der Waals surface area (Å²) in [5.74, 6) is 0.615. The Balaban J connectivity index is 1.69. The molecule has 4 nitrogen and oxygen atoms in total. The first-order chi connectivity index (χ1) is 16.4. The molecule has 4 rings (SSSR count). The van der Waals surface area contributed by atoms with Gasteiger partial charge in [0.2, 0.25) is 5.91 Å². The molecule has 1 N–H and O–H groups in total. The highest BCUT2D eigenvalue weighted by molar-refractivity contribution is 6.01. The minimum Gasteiger partial charge on any atom is -0.493 e. The van der Waals surface area contributed by atoms with Crippen molar-refractivity contribution < 1.29 is 13.9 Å². The van der Waals surface area contributed by atoms with Gasteiger partial charge in [0.25, 0.3) is 0 Å². The number of aryl methyl sites for hydroxylation is 3. The molecule has 0 saturated heterocycles. The second-order valence-electron chi connectivity index (χ2n) is 8.73. The molecule has 4 aromatic rings.